The normalized spacial score (nSPS) is 25.2. The van der Waals surface area contributed by atoms with Gasteiger partial charge in [-0.25, -0.2) is 8.42 Å². The molecule has 1 fully saturated rings. The van der Waals surface area contributed by atoms with Crippen molar-refractivity contribution in [1.82, 2.24) is 5.32 Å². The summed E-state index contributed by atoms with van der Waals surface area (Å²) in [6.07, 6.45) is 1.48. The van der Waals surface area contributed by atoms with Crippen LogP contribution < -0.4 is 5.32 Å². The molecule has 0 spiro atoms. The van der Waals surface area contributed by atoms with E-state index in [2.05, 4.69) is 5.32 Å². The van der Waals surface area contributed by atoms with Gasteiger partial charge >= 0.3 is 0 Å². The van der Waals surface area contributed by atoms with Crippen LogP contribution in [0.3, 0.4) is 0 Å². The van der Waals surface area contributed by atoms with Gasteiger partial charge in [-0.2, -0.15) is 0 Å². The van der Waals surface area contributed by atoms with Crippen molar-refractivity contribution in [1.29, 1.82) is 0 Å². The van der Waals surface area contributed by atoms with Gasteiger partial charge in [0.1, 0.15) is 0 Å². The quantitative estimate of drug-likeness (QED) is 0.709. The van der Waals surface area contributed by atoms with Gasteiger partial charge in [0, 0.05) is 13.0 Å². The first-order valence-electron chi connectivity index (χ1n) is 5.58. The summed E-state index contributed by atoms with van der Waals surface area (Å²) in [6.45, 7) is 1.83. The molecule has 0 saturated carbocycles. The summed E-state index contributed by atoms with van der Waals surface area (Å²) >= 11 is 0. The predicted octanol–water partition coefficient (Wildman–Crippen LogP) is -0.159. The zero-order valence-electron chi connectivity index (χ0n) is 9.48. The van der Waals surface area contributed by atoms with Crippen molar-refractivity contribution in [2.75, 3.05) is 12.3 Å². The average molecular weight is 249 g/mol. The molecule has 1 rings (SSSR count). The van der Waals surface area contributed by atoms with Crippen molar-refractivity contribution in [3.63, 3.8) is 0 Å². The lowest BCUT2D eigenvalue weighted by Crippen LogP contribution is -2.34. The van der Waals surface area contributed by atoms with Crippen LogP contribution >= 0.6 is 0 Å². The van der Waals surface area contributed by atoms with E-state index < -0.39 is 21.2 Å². The Bertz CT molecular complexity index is 337. The Morgan fingerprint density at radius 3 is 2.75 bits per heavy atom. The van der Waals surface area contributed by atoms with Crippen molar-refractivity contribution in [3.05, 3.63) is 0 Å². The lowest BCUT2D eigenvalue weighted by Gasteiger charge is -2.11. The van der Waals surface area contributed by atoms with E-state index in [0.717, 1.165) is 0 Å². The first-order chi connectivity index (χ1) is 7.42. The van der Waals surface area contributed by atoms with Crippen LogP contribution in [0, 0.1) is 0 Å². The molecular weight excluding hydrogens is 230 g/mol. The number of nitrogens with one attached hydrogen (secondary N) is 1. The van der Waals surface area contributed by atoms with Gasteiger partial charge in [0.2, 0.25) is 5.91 Å². The van der Waals surface area contributed by atoms with Crippen LogP contribution in [0.5, 0.6) is 0 Å². The summed E-state index contributed by atoms with van der Waals surface area (Å²) < 4.78 is 22.9. The van der Waals surface area contributed by atoms with Crippen molar-refractivity contribution >= 4 is 15.7 Å². The fraction of sp³-hybridized carbons (Fsp3) is 0.900. The van der Waals surface area contributed by atoms with Crippen molar-refractivity contribution in [3.8, 4) is 0 Å². The molecule has 6 heteroatoms. The van der Waals surface area contributed by atoms with E-state index >= 15 is 0 Å². The molecular formula is C10H19NO4S. The van der Waals surface area contributed by atoms with E-state index in [0.29, 0.717) is 19.3 Å². The Morgan fingerprint density at radius 1 is 1.56 bits per heavy atom. The summed E-state index contributed by atoms with van der Waals surface area (Å²) in [5.41, 5.74) is 0. The molecule has 16 heavy (non-hydrogen) atoms. The van der Waals surface area contributed by atoms with E-state index in [4.69, 9.17) is 5.11 Å². The van der Waals surface area contributed by atoms with E-state index in [1.807, 2.05) is 0 Å². The Hall–Kier alpha value is -0.620. The minimum atomic E-state index is -2.98. The highest BCUT2D eigenvalue weighted by Crippen LogP contribution is 2.18. The highest BCUT2D eigenvalue weighted by molar-refractivity contribution is 7.92. The number of aliphatic hydroxyl groups excluding tert-OH is 1. The number of carbonyl (C=O) groups excluding carboxylic acids is 1. The van der Waals surface area contributed by atoms with Crippen LogP contribution in [0.15, 0.2) is 0 Å². The molecule has 2 N–H and O–H groups in total. The second-order valence-electron chi connectivity index (χ2n) is 4.32. The fourth-order valence-corrected chi connectivity index (χ4v) is 3.51. The lowest BCUT2D eigenvalue weighted by atomic mass is 10.2. The zero-order chi connectivity index (χ0) is 12.2. The largest absolute Gasteiger partial charge is 0.393 e. The topological polar surface area (TPSA) is 83.5 Å². The molecule has 0 aromatic carbocycles. The molecule has 1 aliphatic rings. The van der Waals surface area contributed by atoms with Crippen LogP contribution in [-0.4, -0.2) is 43.1 Å². The summed E-state index contributed by atoms with van der Waals surface area (Å²) in [7, 11) is -2.98. The molecule has 1 aliphatic heterocycles. The van der Waals surface area contributed by atoms with Crippen LogP contribution in [-0.2, 0) is 14.6 Å². The first-order valence-corrected chi connectivity index (χ1v) is 7.29. The Balaban J connectivity index is 2.27. The van der Waals surface area contributed by atoms with Crippen LogP contribution in [0.2, 0.25) is 0 Å². The van der Waals surface area contributed by atoms with Crippen LogP contribution in [0.4, 0.5) is 0 Å². The molecule has 1 heterocycles. The number of aliphatic hydroxyl groups is 1. The molecule has 0 aromatic rings. The van der Waals surface area contributed by atoms with E-state index in [1.54, 1.807) is 6.92 Å². The van der Waals surface area contributed by atoms with Gasteiger partial charge in [0.05, 0.1) is 17.1 Å². The summed E-state index contributed by atoms with van der Waals surface area (Å²) in [6, 6.07) is 0. The molecule has 0 aromatic heterocycles. The smallest absolute Gasteiger partial charge is 0.220 e. The second-order valence-corrected chi connectivity index (χ2v) is 6.72. The summed E-state index contributed by atoms with van der Waals surface area (Å²) in [4.78, 5) is 11.3. The van der Waals surface area contributed by atoms with Gasteiger partial charge in [-0.05, 0) is 26.2 Å². The molecule has 94 valence electrons. The minimum Gasteiger partial charge on any atom is -0.393 e. The first kappa shape index (κ1) is 13.4. The van der Waals surface area contributed by atoms with Crippen molar-refractivity contribution in [2.45, 2.75) is 44.0 Å². The molecule has 2 atom stereocenters. The third-order valence-electron chi connectivity index (χ3n) is 2.78. The minimum absolute atomic E-state index is 0.192. The van der Waals surface area contributed by atoms with Gasteiger partial charge in [0.25, 0.3) is 0 Å². The second kappa shape index (κ2) is 5.63. The van der Waals surface area contributed by atoms with Crippen LogP contribution in [0.25, 0.3) is 0 Å². The third-order valence-corrected chi connectivity index (χ3v) is 5.05. The monoisotopic (exact) mass is 249 g/mol. The Labute approximate surface area is 96.1 Å². The highest BCUT2D eigenvalue weighted by atomic mass is 32.2. The standard InChI is InChI=1S/C10H19NO4S/c1-8(12)4-5-10(13)11-7-9-3-2-6-16(9,14)15/h8-9,12H,2-7H2,1H3,(H,11,13). The zero-order valence-corrected chi connectivity index (χ0v) is 10.3. The fourth-order valence-electron chi connectivity index (χ4n) is 1.74. The molecule has 0 aliphatic carbocycles. The number of hydrogen-bond acceptors (Lipinski definition) is 4. The van der Waals surface area contributed by atoms with Crippen LogP contribution in [0.1, 0.15) is 32.6 Å². The van der Waals surface area contributed by atoms with Crippen molar-refractivity contribution in [2.24, 2.45) is 0 Å². The van der Waals surface area contributed by atoms with Gasteiger partial charge in [-0.15, -0.1) is 0 Å². The Morgan fingerprint density at radius 2 is 2.25 bits per heavy atom. The number of hydrogen-bond donors (Lipinski definition) is 2. The summed E-state index contributed by atoms with van der Waals surface area (Å²) in [5.74, 6) is 0.0456. The SMILES string of the molecule is CC(O)CCC(=O)NCC1CCCS1(=O)=O. The molecule has 0 bridgehead atoms. The van der Waals surface area contributed by atoms with Gasteiger partial charge in [-0.3, -0.25) is 4.79 Å². The summed E-state index contributed by atoms with van der Waals surface area (Å²) in [5, 5.41) is 11.2. The van der Waals surface area contributed by atoms with Crippen molar-refractivity contribution < 1.29 is 18.3 Å². The lowest BCUT2D eigenvalue weighted by molar-refractivity contribution is -0.121. The molecule has 1 amide bonds. The van der Waals surface area contributed by atoms with E-state index in [9.17, 15) is 13.2 Å². The average Bonchev–Trinajstić information content (AvgIpc) is 2.51. The van der Waals surface area contributed by atoms with Gasteiger partial charge < -0.3 is 10.4 Å². The van der Waals surface area contributed by atoms with E-state index in [1.165, 1.54) is 0 Å². The maximum atomic E-state index is 11.4. The van der Waals surface area contributed by atoms with E-state index in [-0.39, 0.29) is 24.6 Å². The van der Waals surface area contributed by atoms with Gasteiger partial charge in [-0.1, -0.05) is 0 Å². The Kier molecular flexibility index (Phi) is 4.73. The number of sulfone groups is 1. The third kappa shape index (κ3) is 4.09. The molecule has 2 unspecified atom stereocenters. The number of carbonyl (C=O) groups is 1. The predicted molar refractivity (Wildman–Crippen MR) is 60.7 cm³/mol. The maximum absolute atomic E-state index is 11.4. The number of amides is 1. The molecule has 1 saturated heterocycles. The van der Waals surface area contributed by atoms with Gasteiger partial charge in [0.15, 0.2) is 9.84 Å². The number of rotatable bonds is 5. The molecule has 0 radical (unpaired) electrons. The molecule has 5 nitrogen and oxygen atoms in total. The maximum Gasteiger partial charge on any atom is 0.220 e. The highest BCUT2D eigenvalue weighted by Gasteiger charge is 2.31.